The number of benzene rings is 3. The standard InChI is InChI=1S/C33H29F3N4O3/c1-17-6-8-24-25(33(43)40-30(24)18(17)2)16-29(41)39-28(13-19-11-21(34)15-22(35)12-19)31-23(5-4-10-38-31)20-7-9-27(36)26(14-20)32(42)37-3/h4-12,14-15,25,28H,13,16H2,1-3H3,(H,37,42)(H,39,41)(H,40,43)/t25?,28-/m0/s1. The minimum absolute atomic E-state index is 0.0420. The molecule has 1 aliphatic rings. The van der Waals surface area contributed by atoms with E-state index in [-0.39, 0.29) is 29.9 Å². The van der Waals surface area contributed by atoms with E-state index in [0.29, 0.717) is 22.5 Å². The minimum Gasteiger partial charge on any atom is -0.355 e. The molecular formula is C33H29F3N4O3. The number of aromatic nitrogens is 1. The molecule has 0 aliphatic carbocycles. The van der Waals surface area contributed by atoms with Crippen molar-refractivity contribution in [1.29, 1.82) is 0 Å². The number of nitrogens with zero attached hydrogens (tertiary/aromatic N) is 1. The summed E-state index contributed by atoms with van der Waals surface area (Å²) in [7, 11) is 1.39. The Balaban J connectivity index is 1.51. The van der Waals surface area contributed by atoms with Gasteiger partial charge in [-0.2, -0.15) is 0 Å². The van der Waals surface area contributed by atoms with Crippen molar-refractivity contribution in [2.45, 2.75) is 38.6 Å². The van der Waals surface area contributed by atoms with E-state index in [9.17, 15) is 27.6 Å². The van der Waals surface area contributed by atoms with Gasteiger partial charge in [-0.25, -0.2) is 13.2 Å². The summed E-state index contributed by atoms with van der Waals surface area (Å²) < 4.78 is 42.7. The highest BCUT2D eigenvalue weighted by atomic mass is 19.1. The molecule has 10 heteroatoms. The van der Waals surface area contributed by atoms with Gasteiger partial charge in [0.15, 0.2) is 0 Å². The second kappa shape index (κ2) is 12.1. The molecule has 43 heavy (non-hydrogen) atoms. The summed E-state index contributed by atoms with van der Waals surface area (Å²) >= 11 is 0. The van der Waals surface area contributed by atoms with Crippen LogP contribution in [0.1, 0.15) is 56.7 Å². The Morgan fingerprint density at radius 3 is 2.47 bits per heavy atom. The zero-order valence-electron chi connectivity index (χ0n) is 23.7. The van der Waals surface area contributed by atoms with Gasteiger partial charge in [-0.1, -0.05) is 24.3 Å². The summed E-state index contributed by atoms with van der Waals surface area (Å²) in [5.41, 5.74) is 4.69. The predicted octanol–water partition coefficient (Wildman–Crippen LogP) is 5.67. The molecule has 1 unspecified atom stereocenters. The van der Waals surface area contributed by atoms with Gasteiger partial charge in [-0.05, 0) is 78.4 Å². The molecule has 0 fully saturated rings. The van der Waals surface area contributed by atoms with Crippen molar-refractivity contribution in [1.82, 2.24) is 15.6 Å². The molecule has 7 nitrogen and oxygen atoms in total. The molecule has 3 aromatic carbocycles. The average molecular weight is 587 g/mol. The maximum absolute atomic E-state index is 14.5. The summed E-state index contributed by atoms with van der Waals surface area (Å²) in [5.74, 6) is -4.39. The Morgan fingerprint density at radius 2 is 1.74 bits per heavy atom. The third-order valence-corrected chi connectivity index (χ3v) is 7.71. The molecule has 0 bridgehead atoms. The fourth-order valence-electron chi connectivity index (χ4n) is 5.41. The number of pyridine rings is 1. The Morgan fingerprint density at radius 1 is 1.00 bits per heavy atom. The maximum atomic E-state index is 14.5. The SMILES string of the molecule is CNC(=O)c1cc(-c2cccnc2[C@H](Cc2cc(F)cc(F)c2)NC(=O)CC2C(=O)Nc3c2ccc(C)c3C)ccc1F. The number of anilines is 1. The largest absolute Gasteiger partial charge is 0.355 e. The van der Waals surface area contributed by atoms with Gasteiger partial charge in [0.25, 0.3) is 5.91 Å². The van der Waals surface area contributed by atoms with Crippen LogP contribution < -0.4 is 16.0 Å². The smallest absolute Gasteiger partial charge is 0.254 e. The van der Waals surface area contributed by atoms with Crippen LogP contribution in [0, 0.1) is 31.3 Å². The first kappa shape index (κ1) is 29.5. The zero-order chi connectivity index (χ0) is 30.8. The summed E-state index contributed by atoms with van der Waals surface area (Å²) in [6, 6.07) is 13.3. The van der Waals surface area contributed by atoms with E-state index in [4.69, 9.17) is 0 Å². The molecule has 1 aromatic heterocycles. The number of fused-ring (bicyclic) bond motifs is 1. The van der Waals surface area contributed by atoms with Crippen LogP contribution in [0.25, 0.3) is 11.1 Å². The number of rotatable bonds is 8. The van der Waals surface area contributed by atoms with Crippen LogP contribution in [0.4, 0.5) is 18.9 Å². The second-order valence-electron chi connectivity index (χ2n) is 10.5. The van der Waals surface area contributed by atoms with Crippen molar-refractivity contribution in [2.75, 3.05) is 12.4 Å². The monoisotopic (exact) mass is 586 g/mol. The number of aryl methyl sites for hydroxylation is 1. The van der Waals surface area contributed by atoms with Gasteiger partial charge in [0.1, 0.15) is 17.5 Å². The molecule has 3 N–H and O–H groups in total. The number of hydrogen-bond donors (Lipinski definition) is 3. The van der Waals surface area contributed by atoms with Crippen molar-refractivity contribution < 1.29 is 27.6 Å². The minimum atomic E-state index is -0.901. The summed E-state index contributed by atoms with van der Waals surface area (Å²) in [4.78, 5) is 43.2. The van der Waals surface area contributed by atoms with Crippen LogP contribution in [0.5, 0.6) is 0 Å². The lowest BCUT2D eigenvalue weighted by Gasteiger charge is -2.22. The molecule has 0 spiro atoms. The first-order valence-electron chi connectivity index (χ1n) is 13.7. The first-order chi connectivity index (χ1) is 20.5. The number of nitrogens with one attached hydrogen (secondary N) is 3. The number of hydrogen-bond acceptors (Lipinski definition) is 4. The molecule has 1 aliphatic heterocycles. The van der Waals surface area contributed by atoms with Gasteiger partial charge >= 0.3 is 0 Å². The molecule has 220 valence electrons. The Bertz CT molecular complexity index is 1740. The highest BCUT2D eigenvalue weighted by molar-refractivity contribution is 6.05. The lowest BCUT2D eigenvalue weighted by molar-refractivity contribution is -0.125. The number of halogens is 3. The number of carbonyl (C=O) groups excluding carboxylic acids is 3. The molecule has 2 atom stereocenters. The fraction of sp³-hybridized carbons (Fsp3) is 0.212. The van der Waals surface area contributed by atoms with E-state index in [1.54, 1.807) is 12.1 Å². The predicted molar refractivity (Wildman–Crippen MR) is 156 cm³/mol. The van der Waals surface area contributed by atoms with Crippen LogP contribution >= 0.6 is 0 Å². The molecule has 2 heterocycles. The van der Waals surface area contributed by atoms with E-state index in [1.165, 1.54) is 25.4 Å². The molecule has 0 saturated heterocycles. The van der Waals surface area contributed by atoms with E-state index < -0.39 is 41.2 Å². The van der Waals surface area contributed by atoms with Gasteiger partial charge in [0.2, 0.25) is 11.8 Å². The summed E-state index contributed by atoms with van der Waals surface area (Å²) in [5, 5.41) is 8.19. The van der Waals surface area contributed by atoms with Crippen molar-refractivity contribution >= 4 is 23.4 Å². The molecule has 0 saturated carbocycles. The quantitative estimate of drug-likeness (QED) is 0.248. The topological polar surface area (TPSA) is 100 Å². The van der Waals surface area contributed by atoms with Crippen molar-refractivity contribution in [3.05, 3.63) is 118 Å². The van der Waals surface area contributed by atoms with Crippen molar-refractivity contribution in [2.24, 2.45) is 0 Å². The Hall–Kier alpha value is -4.99. The summed E-state index contributed by atoms with van der Waals surface area (Å²) in [6.07, 6.45) is 1.29. The van der Waals surface area contributed by atoms with E-state index >= 15 is 0 Å². The molecular weight excluding hydrogens is 557 g/mol. The Kier molecular flexibility index (Phi) is 8.29. The highest BCUT2D eigenvalue weighted by Gasteiger charge is 2.34. The van der Waals surface area contributed by atoms with Crippen molar-refractivity contribution in [3.63, 3.8) is 0 Å². The molecule has 4 aromatic rings. The zero-order valence-corrected chi connectivity index (χ0v) is 23.7. The van der Waals surface area contributed by atoms with Gasteiger partial charge in [0, 0.05) is 37.0 Å². The van der Waals surface area contributed by atoms with Gasteiger partial charge in [0.05, 0.1) is 23.2 Å². The summed E-state index contributed by atoms with van der Waals surface area (Å²) in [6.45, 7) is 3.84. The lowest BCUT2D eigenvalue weighted by Crippen LogP contribution is -2.33. The van der Waals surface area contributed by atoms with Crippen LogP contribution in [0.2, 0.25) is 0 Å². The fourth-order valence-corrected chi connectivity index (χ4v) is 5.41. The first-order valence-corrected chi connectivity index (χ1v) is 13.7. The number of carbonyl (C=O) groups is 3. The average Bonchev–Trinajstić information content (AvgIpc) is 3.29. The number of amides is 3. The van der Waals surface area contributed by atoms with Crippen molar-refractivity contribution in [3.8, 4) is 11.1 Å². The molecule has 3 amide bonds. The third-order valence-electron chi connectivity index (χ3n) is 7.71. The van der Waals surface area contributed by atoms with E-state index in [0.717, 1.165) is 41.0 Å². The van der Waals surface area contributed by atoms with Gasteiger partial charge in [-0.3, -0.25) is 19.4 Å². The van der Waals surface area contributed by atoms with Gasteiger partial charge < -0.3 is 16.0 Å². The van der Waals surface area contributed by atoms with E-state index in [2.05, 4.69) is 20.9 Å². The van der Waals surface area contributed by atoms with Gasteiger partial charge in [-0.15, -0.1) is 0 Å². The van der Waals surface area contributed by atoms with Crippen LogP contribution in [-0.2, 0) is 16.0 Å². The normalized spacial score (nSPS) is 14.6. The third kappa shape index (κ3) is 6.13. The van der Waals surface area contributed by atoms with E-state index in [1.807, 2.05) is 26.0 Å². The molecule has 0 radical (unpaired) electrons. The van der Waals surface area contributed by atoms with Crippen LogP contribution in [0.15, 0.2) is 66.9 Å². The highest BCUT2D eigenvalue weighted by Crippen LogP contribution is 2.38. The van der Waals surface area contributed by atoms with Crippen LogP contribution in [-0.4, -0.2) is 29.8 Å². The Labute approximate surface area is 246 Å². The molecule has 5 rings (SSSR count). The lowest BCUT2D eigenvalue weighted by atomic mass is 9.92. The van der Waals surface area contributed by atoms with Crippen LogP contribution in [0.3, 0.4) is 0 Å². The second-order valence-corrected chi connectivity index (χ2v) is 10.5. The maximum Gasteiger partial charge on any atom is 0.254 e.